The number of piperidine rings is 1. The number of aliphatic hydroxyl groups is 4. The van der Waals surface area contributed by atoms with Crippen molar-refractivity contribution in [3.8, 4) is 0 Å². The standard InChI is InChI=1S/C17H25NO4/c19-10-14-16(21)17(22)15(20)9-18(14)8-11-5-6-12-3-1-2-4-13(12)7-11/h1-4,11,14-17,19-22H,5-10H2/t11?,14-,15+,16-,17-/m1/s1. The van der Waals surface area contributed by atoms with E-state index in [0.717, 1.165) is 25.8 Å². The molecule has 0 amide bonds. The molecule has 1 heterocycles. The van der Waals surface area contributed by atoms with Crippen LogP contribution in [-0.2, 0) is 12.8 Å². The lowest BCUT2D eigenvalue weighted by Crippen LogP contribution is -2.63. The summed E-state index contributed by atoms with van der Waals surface area (Å²) in [4.78, 5) is 1.93. The molecule has 5 nitrogen and oxygen atoms in total. The Kier molecular flexibility index (Phi) is 4.80. The molecule has 3 rings (SSSR count). The summed E-state index contributed by atoms with van der Waals surface area (Å²) in [6, 6.07) is 7.96. The van der Waals surface area contributed by atoms with Crippen LogP contribution in [0.2, 0.25) is 0 Å². The molecule has 0 spiro atoms. The highest BCUT2D eigenvalue weighted by Crippen LogP contribution is 2.28. The van der Waals surface area contributed by atoms with E-state index in [-0.39, 0.29) is 6.61 Å². The van der Waals surface area contributed by atoms with Crippen LogP contribution >= 0.6 is 0 Å². The molecule has 0 bridgehead atoms. The number of hydrogen-bond acceptors (Lipinski definition) is 5. The molecule has 1 aliphatic carbocycles. The second kappa shape index (κ2) is 6.64. The van der Waals surface area contributed by atoms with Gasteiger partial charge in [-0.1, -0.05) is 24.3 Å². The van der Waals surface area contributed by atoms with Crippen molar-refractivity contribution in [3.63, 3.8) is 0 Å². The van der Waals surface area contributed by atoms with Gasteiger partial charge in [-0.3, -0.25) is 4.90 Å². The minimum atomic E-state index is -1.18. The Hall–Kier alpha value is -0.980. The summed E-state index contributed by atoms with van der Waals surface area (Å²) in [5.41, 5.74) is 2.78. The van der Waals surface area contributed by atoms with Crippen LogP contribution < -0.4 is 0 Å². The largest absolute Gasteiger partial charge is 0.395 e. The number of likely N-dealkylation sites (tertiary alicyclic amines) is 1. The van der Waals surface area contributed by atoms with Crippen LogP contribution in [0.15, 0.2) is 24.3 Å². The molecular formula is C17H25NO4. The van der Waals surface area contributed by atoms with Gasteiger partial charge in [0.1, 0.15) is 12.2 Å². The highest BCUT2D eigenvalue weighted by Gasteiger charge is 2.41. The lowest BCUT2D eigenvalue weighted by molar-refractivity contribution is -0.147. The number of fused-ring (bicyclic) bond motifs is 1. The Balaban J connectivity index is 1.67. The lowest BCUT2D eigenvalue weighted by Gasteiger charge is -2.44. The Bertz CT molecular complexity index is 509. The summed E-state index contributed by atoms with van der Waals surface area (Å²) in [6.07, 6.45) is -0.148. The molecule has 1 aromatic carbocycles. The first-order valence-corrected chi connectivity index (χ1v) is 8.06. The predicted molar refractivity (Wildman–Crippen MR) is 82.4 cm³/mol. The van der Waals surface area contributed by atoms with E-state index >= 15 is 0 Å². The zero-order chi connectivity index (χ0) is 15.7. The third-order valence-electron chi connectivity index (χ3n) is 5.16. The van der Waals surface area contributed by atoms with Crippen LogP contribution in [0.5, 0.6) is 0 Å². The SMILES string of the molecule is OC[C@@H]1[C@@H](O)[C@H](O)[C@@H](O)CN1CC1CCc2ccccc2C1. The molecule has 0 saturated carbocycles. The van der Waals surface area contributed by atoms with Crippen LogP contribution in [0.3, 0.4) is 0 Å². The first-order valence-electron chi connectivity index (χ1n) is 8.06. The van der Waals surface area contributed by atoms with Gasteiger partial charge in [0.05, 0.1) is 18.8 Å². The Labute approximate surface area is 130 Å². The average Bonchev–Trinajstić information content (AvgIpc) is 2.53. The molecule has 1 aliphatic heterocycles. The molecule has 0 aromatic heterocycles. The van der Waals surface area contributed by atoms with Crippen molar-refractivity contribution < 1.29 is 20.4 Å². The molecule has 1 unspecified atom stereocenters. The van der Waals surface area contributed by atoms with Gasteiger partial charge in [0.15, 0.2) is 0 Å². The molecule has 4 N–H and O–H groups in total. The van der Waals surface area contributed by atoms with Gasteiger partial charge < -0.3 is 20.4 Å². The summed E-state index contributed by atoms with van der Waals surface area (Å²) in [6.45, 7) is 0.802. The molecule has 5 atom stereocenters. The fourth-order valence-corrected chi connectivity index (χ4v) is 3.85. The molecule has 1 saturated heterocycles. The first-order chi connectivity index (χ1) is 10.6. The van der Waals surface area contributed by atoms with Crippen molar-refractivity contribution >= 4 is 0 Å². The summed E-state index contributed by atoms with van der Waals surface area (Å²) >= 11 is 0. The van der Waals surface area contributed by atoms with Gasteiger partial charge >= 0.3 is 0 Å². The maximum atomic E-state index is 10.1. The highest BCUT2D eigenvalue weighted by molar-refractivity contribution is 5.29. The molecular weight excluding hydrogens is 282 g/mol. The van der Waals surface area contributed by atoms with E-state index in [1.165, 1.54) is 11.1 Å². The lowest BCUT2D eigenvalue weighted by atomic mass is 9.82. The average molecular weight is 307 g/mol. The molecule has 122 valence electrons. The summed E-state index contributed by atoms with van der Waals surface area (Å²) in [5, 5.41) is 39.2. The summed E-state index contributed by atoms with van der Waals surface area (Å²) in [5.74, 6) is 0.443. The van der Waals surface area contributed by atoms with E-state index in [1.54, 1.807) is 0 Å². The Morgan fingerprint density at radius 2 is 1.77 bits per heavy atom. The number of aryl methyl sites for hydroxylation is 1. The van der Waals surface area contributed by atoms with E-state index in [9.17, 15) is 20.4 Å². The van der Waals surface area contributed by atoms with Crippen molar-refractivity contribution in [3.05, 3.63) is 35.4 Å². The maximum absolute atomic E-state index is 10.1. The van der Waals surface area contributed by atoms with Crippen LogP contribution in [0, 0.1) is 5.92 Å². The quantitative estimate of drug-likeness (QED) is 0.608. The normalized spacial score (nSPS) is 36.1. The van der Waals surface area contributed by atoms with Crippen LogP contribution in [0.4, 0.5) is 0 Å². The summed E-state index contributed by atoms with van der Waals surface area (Å²) < 4.78 is 0. The number of β-amino-alcohol motifs (C(OH)–C–C–N with tert-alkyl or cyclic N) is 1. The Morgan fingerprint density at radius 1 is 1.05 bits per heavy atom. The minimum Gasteiger partial charge on any atom is -0.395 e. The van der Waals surface area contributed by atoms with Gasteiger partial charge in [0.25, 0.3) is 0 Å². The molecule has 2 aliphatic rings. The minimum absolute atomic E-state index is 0.214. The maximum Gasteiger partial charge on any atom is 0.109 e. The van der Waals surface area contributed by atoms with Crippen LogP contribution in [-0.4, -0.2) is 69.4 Å². The smallest absolute Gasteiger partial charge is 0.109 e. The number of nitrogens with zero attached hydrogens (tertiary/aromatic N) is 1. The first kappa shape index (κ1) is 15.9. The van der Waals surface area contributed by atoms with Crippen LogP contribution in [0.1, 0.15) is 17.5 Å². The molecule has 1 aromatic rings. The van der Waals surface area contributed by atoms with Crippen molar-refractivity contribution in [1.82, 2.24) is 4.90 Å². The summed E-state index contributed by atoms with van der Waals surface area (Å²) in [7, 11) is 0. The van der Waals surface area contributed by atoms with Crippen molar-refractivity contribution in [2.45, 2.75) is 43.6 Å². The van der Waals surface area contributed by atoms with E-state index < -0.39 is 24.4 Å². The third-order valence-corrected chi connectivity index (χ3v) is 5.16. The molecule has 0 radical (unpaired) electrons. The van der Waals surface area contributed by atoms with Gasteiger partial charge in [-0.05, 0) is 36.3 Å². The highest BCUT2D eigenvalue weighted by atomic mass is 16.4. The zero-order valence-electron chi connectivity index (χ0n) is 12.7. The number of hydrogen-bond donors (Lipinski definition) is 4. The van der Waals surface area contributed by atoms with E-state index in [1.807, 2.05) is 4.90 Å². The fraction of sp³-hybridized carbons (Fsp3) is 0.647. The fourth-order valence-electron chi connectivity index (χ4n) is 3.85. The number of aliphatic hydroxyl groups excluding tert-OH is 4. The topological polar surface area (TPSA) is 84.2 Å². The van der Waals surface area contributed by atoms with Gasteiger partial charge in [0, 0.05) is 13.1 Å². The number of benzene rings is 1. The second-order valence-corrected chi connectivity index (χ2v) is 6.63. The molecule has 1 fully saturated rings. The van der Waals surface area contributed by atoms with Gasteiger partial charge in [-0.15, -0.1) is 0 Å². The van der Waals surface area contributed by atoms with E-state index in [4.69, 9.17) is 0 Å². The third kappa shape index (κ3) is 3.05. The van der Waals surface area contributed by atoms with Gasteiger partial charge in [-0.2, -0.15) is 0 Å². The molecule has 5 heteroatoms. The van der Waals surface area contributed by atoms with Gasteiger partial charge in [-0.25, -0.2) is 0 Å². The number of rotatable bonds is 3. The van der Waals surface area contributed by atoms with E-state index in [2.05, 4.69) is 24.3 Å². The van der Waals surface area contributed by atoms with Crippen LogP contribution in [0.25, 0.3) is 0 Å². The molecule has 22 heavy (non-hydrogen) atoms. The monoisotopic (exact) mass is 307 g/mol. The van der Waals surface area contributed by atoms with Gasteiger partial charge in [0.2, 0.25) is 0 Å². The van der Waals surface area contributed by atoms with E-state index in [0.29, 0.717) is 12.5 Å². The predicted octanol–water partition coefficient (Wildman–Crippen LogP) is -0.449. The zero-order valence-corrected chi connectivity index (χ0v) is 12.7. The van der Waals surface area contributed by atoms with Crippen molar-refractivity contribution in [2.75, 3.05) is 19.7 Å². The van der Waals surface area contributed by atoms with Crippen molar-refractivity contribution in [1.29, 1.82) is 0 Å². The van der Waals surface area contributed by atoms with Crippen molar-refractivity contribution in [2.24, 2.45) is 5.92 Å². The second-order valence-electron chi connectivity index (χ2n) is 6.63. The Morgan fingerprint density at radius 3 is 2.50 bits per heavy atom.